The van der Waals surface area contributed by atoms with E-state index in [0.29, 0.717) is 0 Å². The van der Waals surface area contributed by atoms with Gasteiger partial charge >= 0.3 is 0 Å². The van der Waals surface area contributed by atoms with Crippen LogP contribution < -0.4 is 10.1 Å². The third-order valence-electron chi connectivity index (χ3n) is 2.56. The molecular formula is C15H18N2O. The van der Waals surface area contributed by atoms with Crippen LogP contribution in [0.25, 0.3) is 0 Å². The number of nitrogens with one attached hydrogen (secondary N) is 1. The second kappa shape index (κ2) is 6.77. The first kappa shape index (κ1) is 12.6. The molecule has 1 unspecified atom stereocenters. The van der Waals surface area contributed by atoms with Crippen LogP contribution in [0.2, 0.25) is 0 Å². The average Bonchev–Trinajstić information content (AvgIpc) is 2.41. The molecule has 3 heteroatoms. The van der Waals surface area contributed by atoms with E-state index in [0.717, 1.165) is 18.8 Å². The Labute approximate surface area is 108 Å². The first-order valence-corrected chi connectivity index (χ1v) is 6.16. The summed E-state index contributed by atoms with van der Waals surface area (Å²) in [5.41, 5.74) is 1.18. The number of ether oxygens (including phenoxy) is 1. The summed E-state index contributed by atoms with van der Waals surface area (Å²) in [5.74, 6) is 0.910. The Kier molecular flexibility index (Phi) is 4.73. The SMILES string of the molecule is CC(CNCc1cccnc1)Oc1ccccc1. The number of hydrogen-bond acceptors (Lipinski definition) is 3. The van der Waals surface area contributed by atoms with Crippen molar-refractivity contribution in [1.82, 2.24) is 10.3 Å². The number of pyridine rings is 1. The molecule has 0 fully saturated rings. The van der Waals surface area contributed by atoms with Crippen molar-refractivity contribution < 1.29 is 4.74 Å². The molecule has 1 aromatic heterocycles. The number of para-hydroxylation sites is 1. The lowest BCUT2D eigenvalue weighted by atomic mass is 10.3. The Morgan fingerprint density at radius 1 is 1.17 bits per heavy atom. The highest BCUT2D eigenvalue weighted by Gasteiger charge is 2.02. The van der Waals surface area contributed by atoms with Gasteiger partial charge < -0.3 is 10.1 Å². The molecule has 0 saturated carbocycles. The molecule has 2 rings (SSSR count). The zero-order valence-electron chi connectivity index (χ0n) is 10.5. The van der Waals surface area contributed by atoms with Crippen molar-refractivity contribution >= 4 is 0 Å². The van der Waals surface area contributed by atoms with Gasteiger partial charge in [0.2, 0.25) is 0 Å². The zero-order valence-corrected chi connectivity index (χ0v) is 10.5. The summed E-state index contributed by atoms with van der Waals surface area (Å²) in [4.78, 5) is 4.08. The number of benzene rings is 1. The molecule has 1 N–H and O–H groups in total. The summed E-state index contributed by atoms with van der Waals surface area (Å²) in [6.45, 7) is 3.68. The molecule has 0 amide bonds. The third kappa shape index (κ3) is 4.18. The average molecular weight is 242 g/mol. The molecule has 3 nitrogen and oxygen atoms in total. The fourth-order valence-electron chi connectivity index (χ4n) is 1.70. The van der Waals surface area contributed by atoms with Crippen molar-refractivity contribution in [2.75, 3.05) is 6.54 Å². The molecule has 1 heterocycles. The summed E-state index contributed by atoms with van der Waals surface area (Å²) in [5, 5.41) is 3.36. The third-order valence-corrected chi connectivity index (χ3v) is 2.56. The van der Waals surface area contributed by atoms with Gasteiger partial charge in [-0.15, -0.1) is 0 Å². The van der Waals surface area contributed by atoms with Gasteiger partial charge in [-0.1, -0.05) is 24.3 Å². The van der Waals surface area contributed by atoms with E-state index in [1.54, 1.807) is 6.20 Å². The highest BCUT2D eigenvalue weighted by atomic mass is 16.5. The number of rotatable bonds is 6. The second-order valence-electron chi connectivity index (χ2n) is 4.23. The van der Waals surface area contributed by atoms with Gasteiger partial charge in [0.1, 0.15) is 11.9 Å². The van der Waals surface area contributed by atoms with Crippen LogP contribution in [0.3, 0.4) is 0 Å². The van der Waals surface area contributed by atoms with Crippen LogP contribution in [0.1, 0.15) is 12.5 Å². The summed E-state index contributed by atoms with van der Waals surface area (Å²) in [7, 11) is 0. The van der Waals surface area contributed by atoms with Crippen LogP contribution in [0, 0.1) is 0 Å². The minimum atomic E-state index is 0.143. The first-order valence-electron chi connectivity index (χ1n) is 6.16. The molecule has 18 heavy (non-hydrogen) atoms. The number of hydrogen-bond donors (Lipinski definition) is 1. The van der Waals surface area contributed by atoms with Crippen LogP contribution in [-0.2, 0) is 6.54 Å². The van der Waals surface area contributed by atoms with Crippen molar-refractivity contribution in [3.8, 4) is 5.75 Å². The normalized spacial score (nSPS) is 12.1. The Hall–Kier alpha value is -1.87. The fourth-order valence-corrected chi connectivity index (χ4v) is 1.70. The largest absolute Gasteiger partial charge is 0.489 e. The predicted molar refractivity (Wildman–Crippen MR) is 72.5 cm³/mol. The van der Waals surface area contributed by atoms with E-state index in [9.17, 15) is 0 Å². The van der Waals surface area contributed by atoms with Gasteiger partial charge in [-0.25, -0.2) is 0 Å². The van der Waals surface area contributed by atoms with Gasteiger partial charge in [0.05, 0.1) is 0 Å². The minimum Gasteiger partial charge on any atom is -0.489 e. The van der Waals surface area contributed by atoms with Crippen molar-refractivity contribution in [1.29, 1.82) is 0 Å². The Balaban J connectivity index is 1.71. The molecule has 0 radical (unpaired) electrons. The maximum Gasteiger partial charge on any atom is 0.119 e. The molecule has 0 saturated heterocycles. The highest BCUT2D eigenvalue weighted by Crippen LogP contribution is 2.10. The Morgan fingerprint density at radius 3 is 2.72 bits per heavy atom. The van der Waals surface area contributed by atoms with E-state index < -0.39 is 0 Å². The van der Waals surface area contributed by atoms with Gasteiger partial charge in [-0.2, -0.15) is 0 Å². The molecule has 0 aliphatic rings. The topological polar surface area (TPSA) is 34.2 Å². The molecular weight excluding hydrogens is 224 g/mol. The number of aromatic nitrogens is 1. The van der Waals surface area contributed by atoms with Crippen molar-refractivity contribution in [2.24, 2.45) is 0 Å². The zero-order chi connectivity index (χ0) is 12.6. The molecule has 1 atom stereocenters. The lowest BCUT2D eigenvalue weighted by molar-refractivity contribution is 0.217. The second-order valence-corrected chi connectivity index (χ2v) is 4.23. The molecule has 2 aromatic rings. The van der Waals surface area contributed by atoms with Crippen molar-refractivity contribution in [3.63, 3.8) is 0 Å². The number of nitrogens with zero attached hydrogens (tertiary/aromatic N) is 1. The first-order chi connectivity index (χ1) is 8.84. The quantitative estimate of drug-likeness (QED) is 0.845. The van der Waals surface area contributed by atoms with E-state index in [1.807, 2.05) is 42.6 Å². The van der Waals surface area contributed by atoms with Crippen molar-refractivity contribution in [3.05, 3.63) is 60.4 Å². The van der Waals surface area contributed by atoms with Gasteiger partial charge in [0.15, 0.2) is 0 Å². The van der Waals surface area contributed by atoms with Crippen LogP contribution in [0.15, 0.2) is 54.9 Å². The molecule has 0 spiro atoms. The molecule has 0 aliphatic carbocycles. The van der Waals surface area contributed by atoms with E-state index in [1.165, 1.54) is 5.56 Å². The molecule has 94 valence electrons. The molecule has 0 aliphatic heterocycles. The fraction of sp³-hybridized carbons (Fsp3) is 0.267. The van der Waals surface area contributed by atoms with Gasteiger partial charge in [-0.3, -0.25) is 4.98 Å². The smallest absolute Gasteiger partial charge is 0.119 e. The standard InChI is InChI=1S/C15H18N2O/c1-13(18-15-7-3-2-4-8-15)10-17-12-14-6-5-9-16-11-14/h2-9,11,13,17H,10,12H2,1H3. The van der Waals surface area contributed by atoms with Crippen molar-refractivity contribution in [2.45, 2.75) is 19.6 Å². The van der Waals surface area contributed by atoms with Gasteiger partial charge in [0.25, 0.3) is 0 Å². The van der Waals surface area contributed by atoms with Gasteiger partial charge in [-0.05, 0) is 30.7 Å². The summed E-state index contributed by atoms with van der Waals surface area (Å²) >= 11 is 0. The van der Waals surface area contributed by atoms with Crippen LogP contribution in [0.5, 0.6) is 5.75 Å². The van der Waals surface area contributed by atoms with E-state index >= 15 is 0 Å². The minimum absolute atomic E-state index is 0.143. The Morgan fingerprint density at radius 2 is 2.00 bits per heavy atom. The maximum atomic E-state index is 5.77. The molecule has 1 aromatic carbocycles. The molecule has 0 bridgehead atoms. The van der Waals surface area contributed by atoms with Crippen LogP contribution >= 0.6 is 0 Å². The van der Waals surface area contributed by atoms with E-state index in [2.05, 4.69) is 23.3 Å². The lowest BCUT2D eigenvalue weighted by Crippen LogP contribution is -2.28. The summed E-state index contributed by atoms with van der Waals surface area (Å²) in [6, 6.07) is 13.9. The Bertz CT molecular complexity index is 445. The monoisotopic (exact) mass is 242 g/mol. The lowest BCUT2D eigenvalue weighted by Gasteiger charge is -2.15. The maximum absolute atomic E-state index is 5.77. The summed E-state index contributed by atoms with van der Waals surface area (Å²) < 4.78 is 5.77. The summed E-state index contributed by atoms with van der Waals surface area (Å²) in [6.07, 6.45) is 3.80. The van der Waals surface area contributed by atoms with E-state index in [4.69, 9.17) is 4.74 Å². The highest BCUT2D eigenvalue weighted by molar-refractivity contribution is 5.21. The van der Waals surface area contributed by atoms with E-state index in [-0.39, 0.29) is 6.10 Å². The van der Waals surface area contributed by atoms with Crippen LogP contribution in [0.4, 0.5) is 0 Å². The van der Waals surface area contributed by atoms with Gasteiger partial charge in [0, 0.05) is 25.5 Å². The predicted octanol–water partition coefficient (Wildman–Crippen LogP) is 2.64. The van der Waals surface area contributed by atoms with Crippen LogP contribution in [-0.4, -0.2) is 17.6 Å².